The molecule has 0 atom stereocenters. The summed E-state index contributed by atoms with van der Waals surface area (Å²) < 4.78 is 5.28. The summed E-state index contributed by atoms with van der Waals surface area (Å²) in [5, 5.41) is 1.09. The van der Waals surface area contributed by atoms with Crippen LogP contribution in [0.15, 0.2) is 53.3 Å². The highest BCUT2D eigenvalue weighted by molar-refractivity contribution is 5.82. The van der Waals surface area contributed by atoms with Crippen molar-refractivity contribution in [3.63, 3.8) is 0 Å². The lowest BCUT2D eigenvalue weighted by Gasteiger charge is -1.98. The maximum absolute atomic E-state index is 5.28. The molecule has 0 bridgehead atoms. The summed E-state index contributed by atoms with van der Waals surface area (Å²) in [6, 6.07) is 14.8. The third-order valence-electron chi connectivity index (χ3n) is 2.33. The molecule has 0 aliphatic rings. The van der Waals surface area contributed by atoms with Crippen LogP contribution < -0.4 is 0 Å². The van der Waals surface area contributed by atoms with Crippen LogP contribution in [0.2, 0.25) is 0 Å². The van der Waals surface area contributed by atoms with Crippen LogP contribution >= 0.6 is 0 Å². The molecule has 0 aliphatic carbocycles. The number of aromatic nitrogens is 1. The summed E-state index contributed by atoms with van der Waals surface area (Å²) in [5.41, 5.74) is 2.82. The van der Waals surface area contributed by atoms with E-state index < -0.39 is 0 Å². The largest absolute Gasteiger partial charge is 0.464 e. The Labute approximate surface area is 87.2 Å². The van der Waals surface area contributed by atoms with E-state index in [0.29, 0.717) is 0 Å². The molecule has 2 nitrogen and oxygen atoms in total. The van der Waals surface area contributed by atoms with E-state index in [1.54, 1.807) is 12.5 Å². The number of benzene rings is 1. The average molecular weight is 194 g/mol. The van der Waals surface area contributed by atoms with E-state index in [1.165, 1.54) is 0 Å². The third kappa shape index (κ3) is 1.40. The van der Waals surface area contributed by atoms with Crippen LogP contribution in [0.3, 0.4) is 0 Å². The van der Waals surface area contributed by atoms with Crippen molar-refractivity contribution >= 4 is 11.0 Å². The average Bonchev–Trinajstić information content (AvgIpc) is 2.77. The quantitative estimate of drug-likeness (QED) is 0.594. The van der Waals surface area contributed by atoms with Crippen molar-refractivity contribution in [2.45, 2.75) is 0 Å². The fraction of sp³-hybridized carbons (Fsp3) is 0. The maximum Gasteiger partial charge on any atom is 0.133 e. The second-order valence-electron chi connectivity index (χ2n) is 3.30. The minimum absolute atomic E-state index is 0.862. The lowest BCUT2D eigenvalue weighted by Crippen LogP contribution is -1.81. The van der Waals surface area contributed by atoms with Crippen LogP contribution in [-0.4, -0.2) is 4.98 Å². The molecule has 0 fully saturated rings. The van der Waals surface area contributed by atoms with Crippen molar-refractivity contribution in [1.29, 1.82) is 0 Å². The van der Waals surface area contributed by atoms with Gasteiger partial charge in [-0.1, -0.05) is 6.07 Å². The van der Waals surface area contributed by atoms with Crippen LogP contribution in [0.1, 0.15) is 0 Å². The first kappa shape index (κ1) is 8.24. The zero-order chi connectivity index (χ0) is 10.1. The Morgan fingerprint density at radius 3 is 3.07 bits per heavy atom. The molecule has 2 heteroatoms. The van der Waals surface area contributed by atoms with Crippen molar-refractivity contribution in [2.75, 3.05) is 0 Å². The molecule has 0 N–H and O–H groups in total. The first-order valence-corrected chi connectivity index (χ1v) is 4.74. The molecule has 0 unspecified atom stereocenters. The van der Waals surface area contributed by atoms with Gasteiger partial charge in [0.15, 0.2) is 0 Å². The molecule has 0 amide bonds. The van der Waals surface area contributed by atoms with Crippen molar-refractivity contribution in [3.05, 3.63) is 54.9 Å². The van der Waals surface area contributed by atoms with Crippen LogP contribution in [0.4, 0.5) is 0 Å². The van der Waals surface area contributed by atoms with Gasteiger partial charge in [-0.3, -0.25) is 4.98 Å². The molecule has 2 heterocycles. The molecule has 1 radical (unpaired) electrons. The van der Waals surface area contributed by atoms with E-state index >= 15 is 0 Å². The Balaban J connectivity index is 2.19. The first-order chi connectivity index (χ1) is 7.43. The standard InChI is InChI=1S/C13H8NO/c1-2-7-14-12(3-1)10-4-5-13-11(9-10)6-8-15-13/h1-2,4-9H. The predicted molar refractivity (Wildman–Crippen MR) is 58.3 cm³/mol. The van der Waals surface area contributed by atoms with Crippen LogP contribution in [0.5, 0.6) is 0 Å². The van der Waals surface area contributed by atoms with E-state index in [9.17, 15) is 0 Å². The molecular weight excluding hydrogens is 186 g/mol. The number of nitrogens with zero attached hydrogens (tertiary/aromatic N) is 1. The summed E-state index contributed by atoms with van der Waals surface area (Å²) in [6.07, 6.45) is 3.46. The Bertz CT molecular complexity index is 584. The Hall–Kier alpha value is -2.09. The maximum atomic E-state index is 5.28. The highest BCUT2D eigenvalue weighted by Crippen LogP contribution is 2.22. The zero-order valence-corrected chi connectivity index (χ0v) is 7.97. The third-order valence-corrected chi connectivity index (χ3v) is 2.33. The van der Waals surface area contributed by atoms with Gasteiger partial charge in [0.2, 0.25) is 0 Å². The molecule has 0 saturated carbocycles. The summed E-state index contributed by atoms with van der Waals surface area (Å²) in [5.74, 6) is 0. The minimum Gasteiger partial charge on any atom is -0.464 e. The molecule has 71 valence electrons. The van der Waals surface area contributed by atoms with E-state index in [2.05, 4.69) is 17.1 Å². The van der Waals surface area contributed by atoms with Crippen LogP contribution in [0.25, 0.3) is 22.2 Å². The fourth-order valence-electron chi connectivity index (χ4n) is 1.60. The predicted octanol–water partition coefficient (Wildman–Crippen LogP) is 3.29. The van der Waals surface area contributed by atoms with Gasteiger partial charge >= 0.3 is 0 Å². The molecule has 0 aliphatic heterocycles. The van der Waals surface area contributed by atoms with Gasteiger partial charge in [-0.25, -0.2) is 0 Å². The summed E-state index contributed by atoms with van der Waals surface area (Å²) in [7, 11) is 0. The Morgan fingerprint density at radius 2 is 2.20 bits per heavy atom. The molecule has 1 aromatic carbocycles. The SMILES string of the molecule is [c]1cccnc1-c1ccc2occc2c1. The van der Waals surface area contributed by atoms with E-state index in [1.807, 2.05) is 30.3 Å². The molecule has 15 heavy (non-hydrogen) atoms. The zero-order valence-electron chi connectivity index (χ0n) is 7.97. The molecule has 2 aromatic heterocycles. The van der Waals surface area contributed by atoms with E-state index in [-0.39, 0.29) is 0 Å². The van der Waals surface area contributed by atoms with Crippen molar-refractivity contribution in [2.24, 2.45) is 0 Å². The second-order valence-corrected chi connectivity index (χ2v) is 3.30. The van der Waals surface area contributed by atoms with Crippen LogP contribution in [-0.2, 0) is 0 Å². The van der Waals surface area contributed by atoms with E-state index in [4.69, 9.17) is 4.42 Å². The van der Waals surface area contributed by atoms with Gasteiger partial charge in [-0.2, -0.15) is 0 Å². The number of hydrogen-bond acceptors (Lipinski definition) is 2. The summed E-state index contributed by atoms with van der Waals surface area (Å²) >= 11 is 0. The van der Waals surface area contributed by atoms with Gasteiger partial charge in [0, 0.05) is 23.2 Å². The second kappa shape index (κ2) is 3.24. The van der Waals surface area contributed by atoms with Gasteiger partial charge in [0.25, 0.3) is 0 Å². The van der Waals surface area contributed by atoms with Crippen molar-refractivity contribution in [1.82, 2.24) is 4.98 Å². The Kier molecular flexibility index (Phi) is 1.78. The lowest BCUT2D eigenvalue weighted by molar-refractivity contribution is 0.616. The smallest absolute Gasteiger partial charge is 0.133 e. The molecule has 0 saturated heterocycles. The fourth-order valence-corrected chi connectivity index (χ4v) is 1.60. The van der Waals surface area contributed by atoms with Gasteiger partial charge < -0.3 is 4.42 Å². The monoisotopic (exact) mass is 194 g/mol. The van der Waals surface area contributed by atoms with Gasteiger partial charge in [-0.15, -0.1) is 0 Å². The highest BCUT2D eigenvalue weighted by Gasteiger charge is 2.01. The number of furan rings is 1. The normalized spacial score (nSPS) is 10.7. The molecule has 0 spiro atoms. The van der Waals surface area contributed by atoms with Gasteiger partial charge in [-0.05, 0) is 30.3 Å². The van der Waals surface area contributed by atoms with Crippen molar-refractivity contribution < 1.29 is 4.42 Å². The minimum atomic E-state index is 0.862. The van der Waals surface area contributed by atoms with E-state index in [0.717, 1.165) is 22.2 Å². The lowest BCUT2D eigenvalue weighted by atomic mass is 10.1. The number of pyridine rings is 1. The molecular formula is C13H8NO. The summed E-state index contributed by atoms with van der Waals surface area (Å²) in [6.45, 7) is 0. The van der Waals surface area contributed by atoms with Crippen molar-refractivity contribution in [3.8, 4) is 11.3 Å². The topological polar surface area (TPSA) is 26.0 Å². The molecule has 3 rings (SSSR count). The number of hydrogen-bond donors (Lipinski definition) is 0. The first-order valence-electron chi connectivity index (χ1n) is 4.74. The van der Waals surface area contributed by atoms with Crippen LogP contribution in [0, 0.1) is 6.07 Å². The number of fused-ring (bicyclic) bond motifs is 1. The Morgan fingerprint density at radius 1 is 1.20 bits per heavy atom. The van der Waals surface area contributed by atoms with Gasteiger partial charge in [0.1, 0.15) is 5.58 Å². The summed E-state index contributed by atoms with van der Waals surface area (Å²) in [4.78, 5) is 4.25. The molecule has 3 aromatic rings. The van der Waals surface area contributed by atoms with Gasteiger partial charge in [0.05, 0.1) is 12.0 Å². The highest BCUT2D eigenvalue weighted by atomic mass is 16.3. The number of rotatable bonds is 1.